The second-order valence-electron chi connectivity index (χ2n) is 4.05. The molecule has 3 nitrogen and oxygen atoms in total. The van der Waals surface area contributed by atoms with E-state index in [1.165, 1.54) is 0 Å². The molecule has 2 N–H and O–H groups in total. The molecule has 17 heavy (non-hydrogen) atoms. The van der Waals surface area contributed by atoms with Crippen LogP contribution in [0.5, 0.6) is 5.75 Å². The normalized spacial score (nSPS) is 17.6. The van der Waals surface area contributed by atoms with Crippen molar-refractivity contribution in [3.05, 3.63) is 65.2 Å². The van der Waals surface area contributed by atoms with Crippen LogP contribution in [0.1, 0.15) is 27.5 Å². The number of nitrogens with one attached hydrogen (secondary N) is 1. The van der Waals surface area contributed by atoms with E-state index >= 15 is 0 Å². The first-order valence-corrected chi connectivity index (χ1v) is 5.45. The van der Waals surface area contributed by atoms with Crippen molar-refractivity contribution in [3.63, 3.8) is 0 Å². The van der Waals surface area contributed by atoms with Gasteiger partial charge in [-0.15, -0.1) is 0 Å². The lowest BCUT2D eigenvalue weighted by Crippen LogP contribution is -2.19. The molecule has 0 fully saturated rings. The van der Waals surface area contributed by atoms with Crippen molar-refractivity contribution in [2.24, 2.45) is 0 Å². The van der Waals surface area contributed by atoms with Crippen molar-refractivity contribution in [3.8, 4) is 5.75 Å². The predicted octanol–water partition coefficient (Wildman–Crippen LogP) is 2.23. The van der Waals surface area contributed by atoms with Gasteiger partial charge in [0.1, 0.15) is 5.75 Å². The summed E-state index contributed by atoms with van der Waals surface area (Å²) in [6.45, 7) is 0. The van der Waals surface area contributed by atoms with E-state index in [0.717, 1.165) is 11.1 Å². The first-order chi connectivity index (χ1) is 8.27. The van der Waals surface area contributed by atoms with Crippen molar-refractivity contribution < 1.29 is 9.90 Å². The van der Waals surface area contributed by atoms with Crippen LogP contribution < -0.4 is 5.32 Å². The number of hydrogen-bond donors (Lipinski definition) is 2. The number of phenols is 1. The highest BCUT2D eigenvalue weighted by molar-refractivity contribution is 5.99. The molecular weight excluding hydrogens is 214 g/mol. The summed E-state index contributed by atoms with van der Waals surface area (Å²) in [5.41, 5.74) is 2.32. The number of hydrogen-bond acceptors (Lipinski definition) is 2. The van der Waals surface area contributed by atoms with E-state index in [9.17, 15) is 9.90 Å². The molecule has 1 atom stereocenters. The molecule has 0 bridgehead atoms. The molecule has 1 amide bonds. The van der Waals surface area contributed by atoms with Crippen molar-refractivity contribution in [2.75, 3.05) is 0 Å². The maximum atomic E-state index is 11.8. The molecule has 0 saturated heterocycles. The monoisotopic (exact) mass is 225 g/mol. The fourth-order valence-corrected chi connectivity index (χ4v) is 2.22. The quantitative estimate of drug-likeness (QED) is 0.781. The lowest BCUT2D eigenvalue weighted by molar-refractivity contribution is 0.0960. The maximum absolute atomic E-state index is 11.8. The standard InChI is InChI=1S/C14H11NO2/c16-12-8-4-3-7-11(12)13-9-5-1-2-6-10(9)14(17)15-13/h1-8,13,16H,(H,15,17)/t13-/m0/s1. The molecule has 1 heterocycles. The van der Waals surface area contributed by atoms with Crippen molar-refractivity contribution >= 4 is 5.91 Å². The van der Waals surface area contributed by atoms with Gasteiger partial charge >= 0.3 is 0 Å². The smallest absolute Gasteiger partial charge is 0.252 e. The summed E-state index contributed by atoms with van der Waals surface area (Å²) in [5, 5.41) is 12.7. The lowest BCUT2D eigenvalue weighted by Gasteiger charge is -2.13. The fourth-order valence-electron chi connectivity index (χ4n) is 2.22. The summed E-state index contributed by atoms with van der Waals surface area (Å²) in [6, 6.07) is 14.3. The minimum Gasteiger partial charge on any atom is -0.508 e. The van der Waals surface area contributed by atoms with Crippen LogP contribution in [0.15, 0.2) is 48.5 Å². The van der Waals surface area contributed by atoms with Gasteiger partial charge in [-0.25, -0.2) is 0 Å². The van der Waals surface area contributed by atoms with Gasteiger partial charge in [-0.3, -0.25) is 4.79 Å². The Morgan fingerprint density at radius 3 is 2.35 bits per heavy atom. The molecule has 0 radical (unpaired) electrons. The van der Waals surface area contributed by atoms with Gasteiger partial charge in [-0.2, -0.15) is 0 Å². The van der Waals surface area contributed by atoms with Crippen molar-refractivity contribution in [1.29, 1.82) is 0 Å². The number of phenolic OH excluding ortho intramolecular Hbond substituents is 1. The van der Waals surface area contributed by atoms with Crippen molar-refractivity contribution in [2.45, 2.75) is 6.04 Å². The number of aromatic hydroxyl groups is 1. The Labute approximate surface area is 98.7 Å². The van der Waals surface area contributed by atoms with Gasteiger partial charge in [0, 0.05) is 11.1 Å². The average Bonchev–Trinajstić information content (AvgIpc) is 2.68. The van der Waals surface area contributed by atoms with E-state index in [2.05, 4.69) is 5.32 Å². The minimum absolute atomic E-state index is 0.0890. The van der Waals surface area contributed by atoms with Gasteiger partial charge in [0.15, 0.2) is 0 Å². The molecule has 3 heteroatoms. The van der Waals surface area contributed by atoms with Gasteiger partial charge in [-0.05, 0) is 17.7 Å². The van der Waals surface area contributed by atoms with Crippen LogP contribution in [0, 0.1) is 0 Å². The zero-order valence-electron chi connectivity index (χ0n) is 9.05. The summed E-state index contributed by atoms with van der Waals surface area (Å²) >= 11 is 0. The summed E-state index contributed by atoms with van der Waals surface area (Å²) in [5.74, 6) is 0.114. The molecule has 2 aromatic carbocycles. The highest BCUT2D eigenvalue weighted by Gasteiger charge is 2.30. The highest BCUT2D eigenvalue weighted by Crippen LogP contribution is 2.34. The Morgan fingerprint density at radius 2 is 1.59 bits per heavy atom. The number of carbonyl (C=O) groups is 1. The van der Waals surface area contributed by atoms with Crippen LogP contribution in [-0.4, -0.2) is 11.0 Å². The van der Waals surface area contributed by atoms with Gasteiger partial charge in [0.2, 0.25) is 0 Å². The number of amides is 1. The molecule has 2 aromatic rings. The van der Waals surface area contributed by atoms with E-state index < -0.39 is 0 Å². The topological polar surface area (TPSA) is 49.3 Å². The zero-order chi connectivity index (χ0) is 11.8. The Bertz CT molecular complexity index is 592. The number of carbonyl (C=O) groups excluding carboxylic acids is 1. The van der Waals surface area contributed by atoms with Crippen LogP contribution in [-0.2, 0) is 0 Å². The molecule has 1 aliphatic rings. The lowest BCUT2D eigenvalue weighted by atomic mass is 9.98. The first-order valence-electron chi connectivity index (χ1n) is 5.45. The number of fused-ring (bicyclic) bond motifs is 1. The third-order valence-electron chi connectivity index (χ3n) is 3.04. The van der Waals surface area contributed by atoms with E-state index in [-0.39, 0.29) is 17.7 Å². The van der Waals surface area contributed by atoms with Crippen LogP contribution >= 0.6 is 0 Å². The van der Waals surface area contributed by atoms with Gasteiger partial charge in [-0.1, -0.05) is 36.4 Å². The van der Waals surface area contributed by atoms with Crippen molar-refractivity contribution in [1.82, 2.24) is 5.32 Å². The molecule has 0 spiro atoms. The van der Waals surface area contributed by atoms with Crippen LogP contribution in [0.4, 0.5) is 0 Å². The Morgan fingerprint density at radius 1 is 0.941 bits per heavy atom. The number of benzene rings is 2. The van der Waals surface area contributed by atoms with Gasteiger partial charge < -0.3 is 10.4 Å². The number of para-hydroxylation sites is 1. The van der Waals surface area contributed by atoms with Crippen LogP contribution in [0.25, 0.3) is 0 Å². The maximum Gasteiger partial charge on any atom is 0.252 e. The van der Waals surface area contributed by atoms with E-state index in [0.29, 0.717) is 5.56 Å². The SMILES string of the molecule is O=C1N[C@H](c2ccccc2O)c2ccccc21. The van der Waals surface area contributed by atoms with Gasteiger partial charge in [0.05, 0.1) is 6.04 Å². The molecule has 0 unspecified atom stereocenters. The molecule has 1 aliphatic heterocycles. The Kier molecular flexibility index (Phi) is 2.11. The van der Waals surface area contributed by atoms with E-state index in [1.807, 2.05) is 30.3 Å². The summed E-state index contributed by atoms with van der Waals surface area (Å²) in [7, 11) is 0. The minimum atomic E-state index is -0.250. The second kappa shape index (κ2) is 3.63. The van der Waals surface area contributed by atoms with E-state index in [4.69, 9.17) is 0 Å². The predicted molar refractivity (Wildman–Crippen MR) is 63.9 cm³/mol. The molecule has 0 aliphatic carbocycles. The average molecular weight is 225 g/mol. The summed E-state index contributed by atoms with van der Waals surface area (Å²) in [6.07, 6.45) is 0. The molecule has 84 valence electrons. The largest absolute Gasteiger partial charge is 0.508 e. The van der Waals surface area contributed by atoms with E-state index in [1.54, 1.807) is 18.2 Å². The third-order valence-corrected chi connectivity index (χ3v) is 3.04. The van der Waals surface area contributed by atoms with Gasteiger partial charge in [0.25, 0.3) is 5.91 Å². The Hall–Kier alpha value is -2.29. The number of rotatable bonds is 1. The zero-order valence-corrected chi connectivity index (χ0v) is 9.05. The highest BCUT2D eigenvalue weighted by atomic mass is 16.3. The molecule has 3 rings (SSSR count). The first kappa shape index (κ1) is 9.90. The molecule has 0 aromatic heterocycles. The second-order valence-corrected chi connectivity index (χ2v) is 4.05. The third kappa shape index (κ3) is 1.47. The molecular formula is C14H11NO2. The Balaban J connectivity index is 2.14. The fraction of sp³-hybridized carbons (Fsp3) is 0.0714. The van der Waals surface area contributed by atoms with Crippen LogP contribution in [0.2, 0.25) is 0 Å². The van der Waals surface area contributed by atoms with Crippen LogP contribution in [0.3, 0.4) is 0 Å². The summed E-state index contributed by atoms with van der Waals surface area (Å²) < 4.78 is 0. The molecule has 0 saturated carbocycles. The summed E-state index contributed by atoms with van der Waals surface area (Å²) in [4.78, 5) is 11.8.